The predicted molar refractivity (Wildman–Crippen MR) is 109 cm³/mol. The van der Waals surface area contributed by atoms with Crippen LogP contribution in [0.1, 0.15) is 40.0 Å². The Morgan fingerprint density at radius 1 is 1.37 bits per heavy atom. The molecule has 1 aromatic carbocycles. The number of esters is 1. The number of amides is 1. The second-order valence-corrected chi connectivity index (χ2v) is 7.97. The van der Waals surface area contributed by atoms with Gasteiger partial charge in [0, 0.05) is 24.8 Å². The average Bonchev–Trinajstić information content (AvgIpc) is 3.12. The summed E-state index contributed by atoms with van der Waals surface area (Å²) < 4.78 is 21.1. The third kappa shape index (κ3) is 4.24. The molecule has 7 nitrogen and oxygen atoms in total. The van der Waals surface area contributed by atoms with Gasteiger partial charge in [-0.1, -0.05) is 12.1 Å². The number of hydrogen-bond donors (Lipinski definition) is 1. The number of anilines is 1. The third-order valence-corrected chi connectivity index (χ3v) is 6.05. The summed E-state index contributed by atoms with van der Waals surface area (Å²) in [4.78, 5) is 30.6. The number of rotatable bonds is 5. The number of benzene rings is 1. The first kappa shape index (κ1) is 20.2. The van der Waals surface area contributed by atoms with Gasteiger partial charge in [0.25, 0.3) is 0 Å². The van der Waals surface area contributed by atoms with Crippen LogP contribution >= 0.6 is 11.9 Å². The molecular weight excluding hydrogens is 407 g/mol. The van der Waals surface area contributed by atoms with E-state index in [2.05, 4.69) is 15.8 Å². The largest absolute Gasteiger partial charge is 0.455 e. The predicted octanol–water partition coefficient (Wildman–Crippen LogP) is 2.94. The van der Waals surface area contributed by atoms with E-state index < -0.39 is 5.97 Å². The molecule has 30 heavy (non-hydrogen) atoms. The molecule has 1 fully saturated rings. The lowest BCUT2D eigenvalue weighted by atomic mass is 9.96. The minimum Gasteiger partial charge on any atom is -0.455 e. The molecular formula is C21H19FN4O3S. The molecule has 0 bridgehead atoms. The number of carbonyl (C=O) groups is 2. The Hall–Kier alpha value is -3.12. The molecule has 4 rings (SSSR count). The molecule has 1 amide bonds. The molecule has 0 saturated carbocycles. The summed E-state index contributed by atoms with van der Waals surface area (Å²) in [6.07, 6.45) is 1.26. The average molecular weight is 426 g/mol. The Bertz CT molecular complexity index is 1030. The van der Waals surface area contributed by atoms with Crippen molar-refractivity contribution in [3.63, 3.8) is 0 Å². The first-order valence-corrected chi connectivity index (χ1v) is 10.6. The van der Waals surface area contributed by atoms with Crippen LogP contribution in [0, 0.1) is 23.1 Å². The highest BCUT2D eigenvalue weighted by molar-refractivity contribution is 7.97. The zero-order chi connectivity index (χ0) is 21.1. The molecule has 2 aliphatic heterocycles. The maximum Gasteiger partial charge on any atom is 0.340 e. The van der Waals surface area contributed by atoms with Gasteiger partial charge in [0.05, 0.1) is 16.8 Å². The molecule has 2 aromatic rings. The second kappa shape index (κ2) is 8.71. The highest BCUT2D eigenvalue weighted by Crippen LogP contribution is 2.29. The van der Waals surface area contributed by atoms with Crippen LogP contribution in [0.15, 0.2) is 30.3 Å². The molecule has 1 saturated heterocycles. The Labute approximate surface area is 177 Å². The van der Waals surface area contributed by atoms with Gasteiger partial charge in [-0.05, 0) is 48.6 Å². The summed E-state index contributed by atoms with van der Waals surface area (Å²) in [5, 5.41) is 9.46. The van der Waals surface area contributed by atoms with Crippen LogP contribution in [0.4, 0.5) is 10.2 Å². The van der Waals surface area contributed by atoms with Crippen molar-refractivity contribution in [1.29, 1.82) is 5.26 Å². The summed E-state index contributed by atoms with van der Waals surface area (Å²) in [5.41, 5.74) is 2.04. The van der Waals surface area contributed by atoms with Crippen LogP contribution in [0.3, 0.4) is 0 Å². The summed E-state index contributed by atoms with van der Waals surface area (Å²) in [6, 6.07) is 9.94. The summed E-state index contributed by atoms with van der Waals surface area (Å²) >= 11 is 1.25. The zero-order valence-electron chi connectivity index (χ0n) is 16.1. The Balaban J connectivity index is 1.32. The van der Waals surface area contributed by atoms with Crippen LogP contribution in [-0.2, 0) is 21.9 Å². The minimum atomic E-state index is -0.452. The number of ether oxygens (including phenoxy) is 1. The van der Waals surface area contributed by atoms with Gasteiger partial charge in [-0.15, -0.1) is 0 Å². The number of carbonyl (C=O) groups excluding carboxylic acids is 2. The molecule has 3 heterocycles. The number of fused-ring (bicyclic) bond motifs is 1. The molecule has 0 atom stereocenters. The Kier molecular flexibility index (Phi) is 5.86. The van der Waals surface area contributed by atoms with Gasteiger partial charge in [0.1, 0.15) is 24.3 Å². The number of halogens is 1. The van der Waals surface area contributed by atoms with Crippen LogP contribution < -0.4 is 9.62 Å². The lowest BCUT2D eigenvalue weighted by molar-refractivity contribution is -0.123. The molecule has 2 aliphatic rings. The van der Waals surface area contributed by atoms with Gasteiger partial charge in [-0.2, -0.15) is 5.26 Å². The fourth-order valence-electron chi connectivity index (χ4n) is 3.62. The van der Waals surface area contributed by atoms with E-state index in [1.54, 1.807) is 6.07 Å². The third-order valence-electron chi connectivity index (χ3n) is 5.23. The molecule has 0 spiro atoms. The number of cyclic esters (lactones) is 1. The van der Waals surface area contributed by atoms with Crippen LogP contribution in [0.25, 0.3) is 0 Å². The fraction of sp³-hybridized carbons (Fsp3) is 0.333. The molecule has 1 aromatic heterocycles. The van der Waals surface area contributed by atoms with E-state index in [-0.39, 0.29) is 24.2 Å². The van der Waals surface area contributed by atoms with Gasteiger partial charge in [-0.3, -0.25) is 9.52 Å². The van der Waals surface area contributed by atoms with Gasteiger partial charge in [0.2, 0.25) is 5.91 Å². The summed E-state index contributed by atoms with van der Waals surface area (Å²) in [6.45, 7) is 1.29. The number of aromatic nitrogens is 1. The van der Waals surface area contributed by atoms with Crippen LogP contribution in [0.2, 0.25) is 0 Å². The van der Waals surface area contributed by atoms with Gasteiger partial charge in [0.15, 0.2) is 0 Å². The molecule has 0 unspecified atom stereocenters. The molecule has 0 aliphatic carbocycles. The van der Waals surface area contributed by atoms with Gasteiger partial charge >= 0.3 is 5.97 Å². The highest BCUT2D eigenvalue weighted by Gasteiger charge is 2.30. The number of nitriles is 1. The van der Waals surface area contributed by atoms with Crippen molar-refractivity contribution in [3.05, 3.63) is 58.5 Å². The van der Waals surface area contributed by atoms with Crippen LogP contribution in [-0.4, -0.2) is 29.9 Å². The fourth-order valence-corrected chi connectivity index (χ4v) is 4.34. The first-order chi connectivity index (χ1) is 14.5. The number of nitrogens with zero attached hydrogens (tertiary/aromatic N) is 3. The number of pyridine rings is 1. The quantitative estimate of drug-likeness (QED) is 0.580. The van der Waals surface area contributed by atoms with E-state index >= 15 is 0 Å². The molecule has 154 valence electrons. The van der Waals surface area contributed by atoms with E-state index in [4.69, 9.17) is 4.74 Å². The van der Waals surface area contributed by atoms with Crippen molar-refractivity contribution in [2.75, 3.05) is 18.0 Å². The maximum atomic E-state index is 13.2. The van der Waals surface area contributed by atoms with E-state index in [1.807, 2.05) is 11.0 Å². The standard InChI is InChI=1S/C21H19FN4O3S/c22-16-3-1-2-13(8-16)12-30-25-20(27)14-4-6-26(7-5-14)19-15(10-23)9-17-18(24-19)11-29-21(17)28/h1-3,8-9,14H,4-7,11-12H2,(H,25,27). The SMILES string of the molecule is N#Cc1cc2c(nc1N1CCC(C(=O)NSCc3cccc(F)c3)CC1)COC2=O. The molecule has 9 heteroatoms. The van der Waals surface area contributed by atoms with Crippen LogP contribution in [0.5, 0.6) is 0 Å². The van der Waals surface area contributed by atoms with E-state index in [1.165, 1.54) is 30.1 Å². The van der Waals surface area contributed by atoms with Gasteiger partial charge < -0.3 is 9.64 Å². The molecule has 0 radical (unpaired) electrons. The first-order valence-electron chi connectivity index (χ1n) is 9.57. The number of piperidine rings is 1. The lowest BCUT2D eigenvalue weighted by Crippen LogP contribution is -2.39. The van der Waals surface area contributed by atoms with Crippen molar-refractivity contribution in [2.45, 2.75) is 25.2 Å². The maximum absolute atomic E-state index is 13.2. The normalized spacial score (nSPS) is 16.0. The topological polar surface area (TPSA) is 95.3 Å². The zero-order valence-corrected chi connectivity index (χ0v) is 16.9. The number of nitrogens with one attached hydrogen (secondary N) is 1. The van der Waals surface area contributed by atoms with E-state index in [0.717, 1.165) is 5.56 Å². The van der Waals surface area contributed by atoms with Crippen molar-refractivity contribution < 1.29 is 18.7 Å². The smallest absolute Gasteiger partial charge is 0.340 e. The summed E-state index contributed by atoms with van der Waals surface area (Å²) in [7, 11) is 0. The highest BCUT2D eigenvalue weighted by atomic mass is 32.2. The minimum absolute atomic E-state index is 0.0440. The second-order valence-electron chi connectivity index (χ2n) is 7.19. The van der Waals surface area contributed by atoms with E-state index in [0.29, 0.717) is 54.3 Å². The Morgan fingerprint density at radius 2 is 2.17 bits per heavy atom. The molecule has 1 N–H and O–H groups in total. The summed E-state index contributed by atoms with van der Waals surface area (Å²) in [5.74, 6) is 0.108. The monoisotopic (exact) mass is 426 g/mol. The van der Waals surface area contributed by atoms with Crippen molar-refractivity contribution in [3.8, 4) is 6.07 Å². The number of hydrogen-bond acceptors (Lipinski definition) is 7. The van der Waals surface area contributed by atoms with Crippen molar-refractivity contribution >= 4 is 29.6 Å². The lowest BCUT2D eigenvalue weighted by Gasteiger charge is -2.32. The van der Waals surface area contributed by atoms with E-state index in [9.17, 15) is 19.2 Å². The van der Waals surface area contributed by atoms with Gasteiger partial charge in [-0.25, -0.2) is 14.2 Å². The van der Waals surface area contributed by atoms with Crippen molar-refractivity contribution in [2.24, 2.45) is 5.92 Å². The Morgan fingerprint density at radius 3 is 2.90 bits per heavy atom. The van der Waals surface area contributed by atoms with Crippen molar-refractivity contribution in [1.82, 2.24) is 9.71 Å².